The van der Waals surface area contributed by atoms with Crippen LogP contribution in [0.4, 0.5) is 23.1 Å². The van der Waals surface area contributed by atoms with E-state index in [1.165, 1.54) is 17.0 Å². The van der Waals surface area contributed by atoms with Crippen molar-refractivity contribution in [1.82, 2.24) is 15.3 Å². The van der Waals surface area contributed by atoms with E-state index >= 15 is 0 Å². The van der Waals surface area contributed by atoms with Crippen LogP contribution in [0.15, 0.2) is 29.1 Å². The maximum Gasteiger partial charge on any atom is 2.00 e. The normalized spacial score (nSPS) is 15.0. The van der Waals surface area contributed by atoms with Gasteiger partial charge < -0.3 is 36.8 Å². The molecule has 15 heteroatoms. The third-order valence-electron chi connectivity index (χ3n) is 5.12. The van der Waals surface area contributed by atoms with Gasteiger partial charge in [-0.05, 0) is 30.7 Å². The summed E-state index contributed by atoms with van der Waals surface area (Å²) in [7, 11) is 0. The number of hydrogen-bond donors (Lipinski definition) is 7. The summed E-state index contributed by atoms with van der Waals surface area (Å²) in [6, 6.07) is 4.36. The Morgan fingerprint density at radius 1 is 1.26 bits per heavy atom. The fourth-order valence-corrected chi connectivity index (χ4v) is 3.39. The van der Waals surface area contributed by atoms with Crippen LogP contribution in [0.3, 0.4) is 0 Å². The van der Waals surface area contributed by atoms with Gasteiger partial charge in [0.25, 0.3) is 11.5 Å². The Bertz CT molecular complexity index is 1160. The van der Waals surface area contributed by atoms with Crippen LogP contribution in [-0.2, 0) is 14.4 Å². The van der Waals surface area contributed by atoms with Gasteiger partial charge in [0.05, 0.1) is 6.04 Å². The van der Waals surface area contributed by atoms with Crippen LogP contribution in [0.2, 0.25) is 0 Å². The number of nitrogens with zero attached hydrogens (tertiary/aromatic N) is 2. The van der Waals surface area contributed by atoms with Gasteiger partial charge in [-0.15, -0.1) is 0 Å². The molecule has 0 bridgehead atoms. The van der Waals surface area contributed by atoms with Crippen molar-refractivity contribution in [2.24, 2.45) is 0 Å². The van der Waals surface area contributed by atoms with Crippen LogP contribution in [0.5, 0.6) is 0 Å². The van der Waals surface area contributed by atoms with Crippen LogP contribution >= 0.6 is 0 Å². The Morgan fingerprint density at radius 2 is 1.94 bits per heavy atom. The molecule has 0 saturated heterocycles. The van der Waals surface area contributed by atoms with E-state index in [1.54, 1.807) is 12.1 Å². The number of aromatic amines is 1. The van der Waals surface area contributed by atoms with Crippen molar-refractivity contribution >= 4 is 85.1 Å². The molecule has 8 N–H and O–H groups in total. The van der Waals surface area contributed by atoms with E-state index in [0.29, 0.717) is 18.6 Å². The molecule has 0 fully saturated rings. The van der Waals surface area contributed by atoms with E-state index in [2.05, 4.69) is 25.9 Å². The third-order valence-corrected chi connectivity index (χ3v) is 5.12. The molecule has 2 heterocycles. The third kappa shape index (κ3) is 7.07. The van der Waals surface area contributed by atoms with Crippen molar-refractivity contribution in [3.63, 3.8) is 0 Å². The monoisotopic (exact) mass is 513 g/mol. The molecule has 0 spiro atoms. The smallest absolute Gasteiger partial charge is 0.481 e. The van der Waals surface area contributed by atoms with E-state index in [1.807, 2.05) is 0 Å². The molecule has 14 nitrogen and oxygen atoms in total. The molecule has 1 aromatic heterocycles. The number of nitrogen functional groups attached to an aromatic ring is 1. The number of anilines is 4. The number of carboxylic acids is 2. The van der Waals surface area contributed by atoms with E-state index in [-0.39, 0.29) is 73.7 Å². The fraction of sp³-hybridized carbons (Fsp3) is 0.300. The summed E-state index contributed by atoms with van der Waals surface area (Å²) in [5, 5.41) is 26.3. The molecule has 0 saturated carbocycles. The second-order valence-electron chi connectivity index (χ2n) is 7.45. The van der Waals surface area contributed by atoms with E-state index < -0.39 is 41.9 Å². The van der Waals surface area contributed by atoms with Crippen molar-refractivity contribution in [1.29, 1.82) is 0 Å². The first-order chi connectivity index (χ1) is 16.2. The van der Waals surface area contributed by atoms with Crippen LogP contribution in [0, 0.1) is 0 Å². The summed E-state index contributed by atoms with van der Waals surface area (Å²) in [5.74, 6) is -3.00. The van der Waals surface area contributed by atoms with Crippen molar-refractivity contribution in [3.8, 4) is 0 Å². The SMILES string of the molecule is Nc1nc2c(c(=O)[nH]1)N(C=O)C(CNc1ccc(C(=O)N[C@@H](CCC(=O)O)C(=O)O)cc1)CN2.[Ca+2]. The Balaban J connectivity index is 0.00000432. The number of nitrogens with one attached hydrogen (secondary N) is 4. The summed E-state index contributed by atoms with van der Waals surface area (Å²) in [5.41, 5.74) is 5.84. The van der Waals surface area contributed by atoms with Gasteiger partial charge in [-0.25, -0.2) is 4.79 Å². The first kappa shape index (κ1) is 27.9. The van der Waals surface area contributed by atoms with Crippen LogP contribution < -0.4 is 32.1 Å². The minimum atomic E-state index is -1.33. The minimum absolute atomic E-state index is 0. The van der Waals surface area contributed by atoms with Gasteiger partial charge in [-0.2, -0.15) is 4.98 Å². The molecule has 3 rings (SSSR count). The quantitative estimate of drug-likeness (QED) is 0.149. The molecule has 35 heavy (non-hydrogen) atoms. The van der Waals surface area contributed by atoms with Crippen molar-refractivity contribution in [3.05, 3.63) is 40.2 Å². The first-order valence-corrected chi connectivity index (χ1v) is 10.2. The molecular formula is C20H23CaN7O7+2. The molecule has 0 radical (unpaired) electrons. The summed E-state index contributed by atoms with van der Waals surface area (Å²) >= 11 is 0. The van der Waals surface area contributed by atoms with E-state index in [9.17, 15) is 29.1 Å². The molecule has 180 valence electrons. The number of rotatable bonds is 10. The summed E-state index contributed by atoms with van der Waals surface area (Å²) < 4.78 is 0. The average molecular weight is 514 g/mol. The van der Waals surface area contributed by atoms with Crippen LogP contribution in [-0.4, -0.2) is 107 Å². The van der Waals surface area contributed by atoms with Gasteiger partial charge >= 0.3 is 49.7 Å². The first-order valence-electron chi connectivity index (χ1n) is 10.2. The second kappa shape index (κ2) is 12.4. The van der Waals surface area contributed by atoms with Gasteiger partial charge in [0.2, 0.25) is 12.4 Å². The predicted molar refractivity (Wildman–Crippen MR) is 127 cm³/mol. The average Bonchev–Trinajstić information content (AvgIpc) is 2.79. The van der Waals surface area contributed by atoms with Gasteiger partial charge in [-0.1, -0.05) is 0 Å². The van der Waals surface area contributed by atoms with Gasteiger partial charge in [0.1, 0.15) is 6.04 Å². The Labute approximate surface area is 228 Å². The topological polar surface area (TPSA) is 220 Å². The summed E-state index contributed by atoms with van der Waals surface area (Å²) in [6.45, 7) is 0.568. The zero-order valence-electron chi connectivity index (χ0n) is 18.5. The number of carboxylic acid groups (broad SMARTS) is 2. The number of H-pyrrole nitrogens is 1. The van der Waals surface area contributed by atoms with Gasteiger partial charge in [-0.3, -0.25) is 24.2 Å². The number of aliphatic carboxylic acids is 2. The predicted octanol–water partition coefficient (Wildman–Crippen LogP) is -1.11. The molecule has 1 unspecified atom stereocenters. The van der Waals surface area contributed by atoms with E-state index in [0.717, 1.165) is 0 Å². The Hall–Kier alpha value is -3.36. The number of amides is 2. The van der Waals surface area contributed by atoms with Crippen molar-refractivity contribution in [2.75, 3.05) is 34.4 Å². The maximum absolute atomic E-state index is 12.3. The Kier molecular flexibility index (Phi) is 9.86. The number of nitrogens with two attached hydrogens (primary N) is 1. The van der Waals surface area contributed by atoms with Crippen molar-refractivity contribution in [2.45, 2.75) is 24.9 Å². The standard InChI is InChI=1S/C20H23N7O7.Ca/c21-20-25-16-15(18(32)26-20)27(9-28)12(8-23-16)7-22-11-3-1-10(2-4-11)17(31)24-13(19(33)34)5-6-14(29)30;/h1-4,9,12-13,22H,5-8H2,(H,24,31)(H,29,30)(H,33,34)(H4,21,23,25,26,32);/q;+2/t12?,13-;/m0./s1. The molecule has 1 aliphatic rings. The number of aromatic nitrogens is 2. The van der Waals surface area contributed by atoms with Crippen LogP contribution in [0.1, 0.15) is 23.2 Å². The summed E-state index contributed by atoms with van der Waals surface area (Å²) in [6.07, 6.45) is -0.101. The molecule has 0 aliphatic carbocycles. The summed E-state index contributed by atoms with van der Waals surface area (Å²) in [4.78, 5) is 65.7. The number of fused-ring (bicyclic) bond motifs is 1. The largest absolute Gasteiger partial charge is 2.00 e. The number of hydrogen-bond acceptors (Lipinski definition) is 9. The van der Waals surface area contributed by atoms with Crippen molar-refractivity contribution < 1.29 is 29.4 Å². The molecule has 2 aromatic rings. The molecule has 1 aromatic carbocycles. The second-order valence-corrected chi connectivity index (χ2v) is 7.45. The van der Waals surface area contributed by atoms with Gasteiger partial charge in [0, 0.05) is 30.8 Å². The number of carbonyl (C=O) groups excluding carboxylic acids is 2. The Morgan fingerprint density at radius 3 is 2.54 bits per heavy atom. The zero-order valence-corrected chi connectivity index (χ0v) is 20.7. The van der Waals surface area contributed by atoms with Crippen LogP contribution in [0.25, 0.3) is 0 Å². The van der Waals surface area contributed by atoms with E-state index in [4.69, 9.17) is 10.8 Å². The maximum atomic E-state index is 12.3. The molecule has 2 amide bonds. The zero-order chi connectivity index (χ0) is 24.8. The fourth-order valence-electron chi connectivity index (χ4n) is 3.39. The minimum Gasteiger partial charge on any atom is -0.481 e. The number of carbonyl (C=O) groups is 4. The number of benzene rings is 1. The molecule has 1 aliphatic heterocycles. The molecular weight excluding hydrogens is 490 g/mol. The molecule has 2 atom stereocenters. The van der Waals surface area contributed by atoms with Gasteiger partial charge in [0.15, 0.2) is 11.5 Å².